The van der Waals surface area contributed by atoms with Crippen LogP contribution in [0.15, 0.2) is 24.3 Å². The van der Waals surface area contributed by atoms with E-state index < -0.39 is 0 Å². The Kier molecular flexibility index (Phi) is 5.76. The van der Waals surface area contributed by atoms with Crippen molar-refractivity contribution in [3.63, 3.8) is 0 Å². The van der Waals surface area contributed by atoms with Gasteiger partial charge in [0.15, 0.2) is 0 Å². The molecule has 0 saturated heterocycles. The molecule has 1 aliphatic carbocycles. The Morgan fingerprint density at radius 3 is 2.48 bits per heavy atom. The van der Waals surface area contributed by atoms with Crippen molar-refractivity contribution < 1.29 is 4.39 Å². The summed E-state index contributed by atoms with van der Waals surface area (Å²) in [5, 5.41) is 10.8. The highest BCUT2D eigenvalue weighted by atomic mass is 32.1. The molecule has 2 nitrogen and oxygen atoms in total. The fourth-order valence-electron chi connectivity index (χ4n) is 3.49. The van der Waals surface area contributed by atoms with Gasteiger partial charge in [-0.2, -0.15) is 0 Å². The predicted molar refractivity (Wildman–Crippen MR) is 94.1 cm³/mol. The lowest BCUT2D eigenvalue weighted by Gasteiger charge is -2.27. The van der Waals surface area contributed by atoms with Crippen molar-refractivity contribution in [1.29, 1.82) is 0 Å². The normalized spacial score (nSPS) is 21.5. The molecule has 1 heterocycles. The first-order valence-corrected chi connectivity index (χ1v) is 9.67. The molecular formula is C19H25FN2S. The number of benzene rings is 1. The first-order valence-electron chi connectivity index (χ1n) is 8.85. The molecule has 2 aromatic rings. The van der Waals surface area contributed by atoms with Gasteiger partial charge in [0.05, 0.1) is 0 Å². The van der Waals surface area contributed by atoms with Crippen LogP contribution in [-0.4, -0.2) is 10.2 Å². The van der Waals surface area contributed by atoms with E-state index >= 15 is 0 Å². The Labute approximate surface area is 142 Å². The van der Waals surface area contributed by atoms with E-state index in [1.807, 2.05) is 0 Å². The SMILES string of the molecule is CCCCCC1CCC(c2nnc(-c3ccc(F)cc3)s2)CC1. The van der Waals surface area contributed by atoms with Crippen LogP contribution in [0, 0.1) is 11.7 Å². The van der Waals surface area contributed by atoms with Crippen molar-refractivity contribution in [3.8, 4) is 10.6 Å². The van der Waals surface area contributed by atoms with E-state index in [9.17, 15) is 4.39 Å². The highest BCUT2D eigenvalue weighted by Gasteiger charge is 2.25. The Balaban J connectivity index is 1.56. The van der Waals surface area contributed by atoms with E-state index in [0.717, 1.165) is 21.5 Å². The van der Waals surface area contributed by atoms with Gasteiger partial charge in [-0.25, -0.2) is 4.39 Å². The monoisotopic (exact) mass is 332 g/mol. The molecule has 0 spiro atoms. The molecule has 1 saturated carbocycles. The van der Waals surface area contributed by atoms with Gasteiger partial charge in [0.1, 0.15) is 15.8 Å². The summed E-state index contributed by atoms with van der Waals surface area (Å²) in [6, 6.07) is 6.53. The first kappa shape index (κ1) is 16.6. The summed E-state index contributed by atoms with van der Waals surface area (Å²) in [5.74, 6) is 1.28. The van der Waals surface area contributed by atoms with Gasteiger partial charge in [-0.15, -0.1) is 10.2 Å². The number of unbranched alkanes of at least 4 members (excludes halogenated alkanes) is 2. The van der Waals surface area contributed by atoms with Gasteiger partial charge in [0.25, 0.3) is 0 Å². The molecular weight excluding hydrogens is 307 g/mol. The maximum Gasteiger partial charge on any atom is 0.147 e. The van der Waals surface area contributed by atoms with Crippen LogP contribution < -0.4 is 0 Å². The highest BCUT2D eigenvalue weighted by molar-refractivity contribution is 7.14. The molecule has 0 unspecified atom stereocenters. The zero-order valence-corrected chi connectivity index (χ0v) is 14.6. The number of aromatic nitrogens is 2. The van der Waals surface area contributed by atoms with Gasteiger partial charge in [-0.05, 0) is 55.9 Å². The molecule has 1 aromatic carbocycles. The van der Waals surface area contributed by atoms with E-state index in [-0.39, 0.29) is 5.82 Å². The smallest absolute Gasteiger partial charge is 0.147 e. The van der Waals surface area contributed by atoms with Gasteiger partial charge in [-0.3, -0.25) is 0 Å². The fraction of sp³-hybridized carbons (Fsp3) is 0.579. The van der Waals surface area contributed by atoms with Crippen LogP contribution in [0.25, 0.3) is 10.6 Å². The molecule has 3 rings (SSSR count). The number of rotatable bonds is 6. The molecule has 0 amide bonds. The van der Waals surface area contributed by atoms with Crippen molar-refractivity contribution in [2.75, 3.05) is 0 Å². The minimum atomic E-state index is -0.208. The summed E-state index contributed by atoms with van der Waals surface area (Å²) < 4.78 is 13.0. The van der Waals surface area contributed by atoms with Crippen LogP contribution in [0.3, 0.4) is 0 Å². The topological polar surface area (TPSA) is 25.8 Å². The minimum Gasteiger partial charge on any atom is -0.207 e. The van der Waals surface area contributed by atoms with Crippen LogP contribution in [0.1, 0.15) is 69.2 Å². The van der Waals surface area contributed by atoms with Crippen LogP contribution in [0.2, 0.25) is 0 Å². The molecule has 124 valence electrons. The summed E-state index contributed by atoms with van der Waals surface area (Å²) >= 11 is 1.68. The number of nitrogens with zero attached hydrogens (tertiary/aromatic N) is 2. The summed E-state index contributed by atoms with van der Waals surface area (Å²) in [7, 11) is 0. The Bertz CT molecular complexity index is 600. The maximum atomic E-state index is 13.0. The zero-order valence-electron chi connectivity index (χ0n) is 13.8. The second kappa shape index (κ2) is 8.00. The average Bonchev–Trinajstić information content (AvgIpc) is 3.06. The summed E-state index contributed by atoms with van der Waals surface area (Å²) in [4.78, 5) is 0. The molecule has 1 aromatic heterocycles. The molecule has 0 N–H and O–H groups in total. The molecule has 0 atom stereocenters. The van der Waals surface area contributed by atoms with Crippen molar-refractivity contribution in [1.82, 2.24) is 10.2 Å². The van der Waals surface area contributed by atoms with Crippen molar-refractivity contribution in [2.45, 2.75) is 64.2 Å². The summed E-state index contributed by atoms with van der Waals surface area (Å²) in [6.07, 6.45) is 10.6. The van der Waals surface area contributed by atoms with Crippen LogP contribution in [0.5, 0.6) is 0 Å². The third-order valence-corrected chi connectivity index (χ3v) is 6.08. The van der Waals surface area contributed by atoms with Crippen molar-refractivity contribution in [3.05, 3.63) is 35.1 Å². The molecule has 1 aliphatic rings. The second-order valence-electron chi connectivity index (χ2n) is 6.67. The third kappa shape index (κ3) is 4.37. The lowest BCUT2D eigenvalue weighted by Crippen LogP contribution is -2.13. The molecule has 1 fully saturated rings. The number of halogens is 1. The minimum absolute atomic E-state index is 0.208. The largest absolute Gasteiger partial charge is 0.207 e. The Hall–Kier alpha value is -1.29. The zero-order chi connectivity index (χ0) is 16.1. The van der Waals surface area contributed by atoms with Gasteiger partial charge < -0.3 is 0 Å². The van der Waals surface area contributed by atoms with Crippen LogP contribution in [0.4, 0.5) is 4.39 Å². The average molecular weight is 332 g/mol. The number of hydrogen-bond donors (Lipinski definition) is 0. The summed E-state index contributed by atoms with van der Waals surface area (Å²) in [5.41, 5.74) is 0.961. The van der Waals surface area contributed by atoms with E-state index in [2.05, 4.69) is 17.1 Å². The predicted octanol–water partition coefficient (Wildman–Crippen LogP) is 6.20. The lowest BCUT2D eigenvalue weighted by atomic mass is 9.80. The van der Waals surface area contributed by atoms with Crippen molar-refractivity contribution in [2.24, 2.45) is 5.92 Å². The van der Waals surface area contributed by atoms with E-state index in [1.165, 1.54) is 63.5 Å². The third-order valence-electron chi connectivity index (χ3n) is 4.94. The van der Waals surface area contributed by atoms with E-state index in [4.69, 9.17) is 0 Å². The lowest BCUT2D eigenvalue weighted by molar-refractivity contribution is 0.302. The Morgan fingerprint density at radius 2 is 1.78 bits per heavy atom. The van der Waals surface area contributed by atoms with Crippen LogP contribution in [-0.2, 0) is 0 Å². The molecule has 0 radical (unpaired) electrons. The standard InChI is InChI=1S/C19H25FN2S/c1-2-3-4-5-14-6-8-15(9-7-14)18-21-22-19(23-18)16-10-12-17(20)13-11-16/h10-15H,2-9H2,1H3. The number of hydrogen-bond acceptors (Lipinski definition) is 3. The molecule has 0 aliphatic heterocycles. The van der Waals surface area contributed by atoms with E-state index in [0.29, 0.717) is 5.92 Å². The van der Waals surface area contributed by atoms with E-state index in [1.54, 1.807) is 23.5 Å². The molecule has 23 heavy (non-hydrogen) atoms. The Morgan fingerprint density at radius 1 is 1.04 bits per heavy atom. The van der Waals surface area contributed by atoms with Gasteiger partial charge in [-0.1, -0.05) is 43.9 Å². The quantitative estimate of drug-likeness (QED) is 0.589. The fourth-order valence-corrected chi connectivity index (χ4v) is 4.51. The first-order chi connectivity index (χ1) is 11.3. The highest BCUT2D eigenvalue weighted by Crippen LogP contribution is 2.39. The van der Waals surface area contributed by atoms with Gasteiger partial charge in [0, 0.05) is 11.5 Å². The summed E-state index contributed by atoms with van der Waals surface area (Å²) in [6.45, 7) is 2.27. The van der Waals surface area contributed by atoms with Crippen LogP contribution >= 0.6 is 11.3 Å². The van der Waals surface area contributed by atoms with Gasteiger partial charge >= 0.3 is 0 Å². The van der Waals surface area contributed by atoms with Crippen molar-refractivity contribution >= 4 is 11.3 Å². The maximum absolute atomic E-state index is 13.0. The second-order valence-corrected chi connectivity index (χ2v) is 7.67. The molecule has 0 bridgehead atoms. The van der Waals surface area contributed by atoms with Gasteiger partial charge in [0.2, 0.25) is 0 Å². The molecule has 4 heteroatoms.